The van der Waals surface area contributed by atoms with Gasteiger partial charge in [0.15, 0.2) is 9.84 Å². The topological polar surface area (TPSA) is 92.3 Å². The van der Waals surface area contributed by atoms with E-state index in [0.29, 0.717) is 33.5 Å². The highest BCUT2D eigenvalue weighted by Crippen LogP contribution is 2.44. The maximum Gasteiger partial charge on any atom is 0.256 e. The molecule has 9 heteroatoms. The molecule has 2 atom stereocenters. The van der Waals surface area contributed by atoms with Crippen molar-refractivity contribution in [3.63, 3.8) is 0 Å². The van der Waals surface area contributed by atoms with E-state index in [1.807, 2.05) is 0 Å². The molecule has 2 amide bonds. The molecule has 2 N–H and O–H groups in total. The van der Waals surface area contributed by atoms with Crippen molar-refractivity contribution in [1.29, 1.82) is 0 Å². The van der Waals surface area contributed by atoms with E-state index in [-0.39, 0.29) is 28.7 Å². The van der Waals surface area contributed by atoms with Crippen LogP contribution in [0.3, 0.4) is 0 Å². The largest absolute Gasteiger partial charge is 0.348 e. The number of carbonyl (C=O) groups is 2. The van der Waals surface area contributed by atoms with E-state index in [9.17, 15) is 18.0 Å². The van der Waals surface area contributed by atoms with E-state index in [4.69, 9.17) is 11.6 Å². The highest BCUT2D eigenvalue weighted by molar-refractivity contribution is 7.91. The first-order valence-electron chi connectivity index (χ1n) is 11.2. The number of carbonyl (C=O) groups excluding carboxylic acids is 2. The lowest BCUT2D eigenvalue weighted by molar-refractivity contribution is 0.0941. The van der Waals surface area contributed by atoms with Crippen molar-refractivity contribution in [2.45, 2.75) is 52.5 Å². The molecule has 1 fully saturated rings. The number of amides is 2. The predicted octanol–water partition coefficient (Wildman–Crippen LogP) is 4.72. The van der Waals surface area contributed by atoms with Crippen LogP contribution < -0.4 is 10.6 Å². The van der Waals surface area contributed by atoms with Gasteiger partial charge in [0.2, 0.25) is 0 Å². The molecule has 2 heterocycles. The summed E-state index contributed by atoms with van der Waals surface area (Å²) in [6, 6.07) is 6.26. The standard InChI is InChI=1S/C24H29ClN2O4S2/c1-24(2,3)15-7-8-18-19(12-15)32-23(27-21(28)14-5-4-6-16(25)11-14)20(18)22(29)26-17-9-10-33(30,31)13-17/h4-6,11,15,17H,7-10,12-13H2,1-3H3,(H,26,29)(H,27,28). The van der Waals surface area contributed by atoms with Crippen molar-refractivity contribution in [2.75, 3.05) is 16.8 Å². The van der Waals surface area contributed by atoms with Crippen LogP contribution in [-0.4, -0.2) is 37.8 Å². The van der Waals surface area contributed by atoms with Crippen molar-refractivity contribution in [2.24, 2.45) is 11.3 Å². The molecule has 0 saturated carbocycles. The van der Waals surface area contributed by atoms with E-state index in [0.717, 1.165) is 29.7 Å². The van der Waals surface area contributed by atoms with E-state index >= 15 is 0 Å². The smallest absolute Gasteiger partial charge is 0.256 e. The van der Waals surface area contributed by atoms with Crippen LogP contribution in [0.5, 0.6) is 0 Å². The number of halogens is 1. The van der Waals surface area contributed by atoms with Gasteiger partial charge in [-0.1, -0.05) is 38.4 Å². The van der Waals surface area contributed by atoms with Gasteiger partial charge in [0.1, 0.15) is 5.00 Å². The molecule has 6 nitrogen and oxygen atoms in total. The van der Waals surface area contributed by atoms with E-state index in [2.05, 4.69) is 31.4 Å². The first-order valence-corrected chi connectivity index (χ1v) is 14.2. The summed E-state index contributed by atoms with van der Waals surface area (Å²) < 4.78 is 23.7. The van der Waals surface area contributed by atoms with Gasteiger partial charge in [-0.25, -0.2) is 8.42 Å². The van der Waals surface area contributed by atoms with Crippen LogP contribution in [0.2, 0.25) is 5.02 Å². The average molecular weight is 509 g/mol. The molecule has 2 unspecified atom stereocenters. The van der Waals surface area contributed by atoms with Crippen LogP contribution in [-0.2, 0) is 22.7 Å². The number of fused-ring (bicyclic) bond motifs is 1. The summed E-state index contributed by atoms with van der Waals surface area (Å²) in [6.45, 7) is 6.69. The zero-order valence-electron chi connectivity index (χ0n) is 19.0. The van der Waals surface area contributed by atoms with Crippen LogP contribution in [0.15, 0.2) is 24.3 Å². The fourth-order valence-electron chi connectivity index (χ4n) is 4.62. The van der Waals surface area contributed by atoms with Gasteiger partial charge < -0.3 is 10.6 Å². The van der Waals surface area contributed by atoms with Crippen LogP contribution >= 0.6 is 22.9 Å². The molecule has 0 spiro atoms. The van der Waals surface area contributed by atoms with Gasteiger partial charge >= 0.3 is 0 Å². The molecule has 178 valence electrons. The molecule has 33 heavy (non-hydrogen) atoms. The van der Waals surface area contributed by atoms with Gasteiger partial charge in [-0.3, -0.25) is 9.59 Å². The minimum absolute atomic E-state index is 0.0403. The van der Waals surface area contributed by atoms with Gasteiger partial charge in [0, 0.05) is 21.5 Å². The summed E-state index contributed by atoms with van der Waals surface area (Å²) in [4.78, 5) is 27.4. The predicted molar refractivity (Wildman–Crippen MR) is 133 cm³/mol. The fourth-order valence-corrected chi connectivity index (χ4v) is 7.81. The third-order valence-electron chi connectivity index (χ3n) is 6.60. The summed E-state index contributed by atoms with van der Waals surface area (Å²) in [7, 11) is -3.11. The van der Waals surface area contributed by atoms with E-state index in [1.54, 1.807) is 24.3 Å². The Morgan fingerprint density at radius 2 is 1.91 bits per heavy atom. The lowest BCUT2D eigenvalue weighted by Gasteiger charge is -2.33. The second kappa shape index (κ2) is 9.04. The molecule has 1 aromatic heterocycles. The molecular weight excluding hydrogens is 480 g/mol. The lowest BCUT2D eigenvalue weighted by Crippen LogP contribution is -2.36. The van der Waals surface area contributed by atoms with Crippen molar-refractivity contribution in [1.82, 2.24) is 5.32 Å². The molecule has 2 aromatic rings. The first kappa shape index (κ1) is 24.2. The van der Waals surface area contributed by atoms with Gasteiger partial charge in [-0.05, 0) is 60.8 Å². The van der Waals surface area contributed by atoms with Crippen LogP contribution in [0, 0.1) is 11.3 Å². The minimum atomic E-state index is -3.11. The van der Waals surface area contributed by atoms with Gasteiger partial charge in [0.05, 0.1) is 17.1 Å². The Labute approximate surface area is 204 Å². The van der Waals surface area contributed by atoms with Crippen molar-refractivity contribution in [3.8, 4) is 0 Å². The summed E-state index contributed by atoms with van der Waals surface area (Å²) in [6.07, 6.45) is 2.99. The Hall–Kier alpha value is -1.90. The molecule has 2 aliphatic rings. The Balaban J connectivity index is 1.65. The molecule has 4 rings (SSSR count). The van der Waals surface area contributed by atoms with Gasteiger partial charge in [-0.2, -0.15) is 0 Å². The molecule has 1 aromatic carbocycles. The second-order valence-electron chi connectivity index (χ2n) is 10.1. The molecular formula is C24H29ClN2O4S2. The minimum Gasteiger partial charge on any atom is -0.348 e. The Morgan fingerprint density at radius 1 is 1.15 bits per heavy atom. The van der Waals surface area contributed by atoms with Crippen LogP contribution in [0.1, 0.15) is 64.8 Å². The normalized spacial score (nSPS) is 21.9. The number of rotatable bonds is 4. The monoisotopic (exact) mass is 508 g/mol. The summed E-state index contributed by atoms with van der Waals surface area (Å²) in [5.41, 5.74) is 2.00. The lowest BCUT2D eigenvalue weighted by atomic mass is 9.72. The number of sulfone groups is 1. The zero-order chi connectivity index (χ0) is 24.0. The maximum absolute atomic E-state index is 13.3. The first-order chi connectivity index (χ1) is 15.4. The Kier molecular flexibility index (Phi) is 6.64. The summed E-state index contributed by atoms with van der Waals surface area (Å²) >= 11 is 7.49. The Bertz CT molecular complexity index is 1200. The SMILES string of the molecule is CC(C)(C)C1CCc2c(sc(NC(=O)c3cccc(Cl)c3)c2C(=O)NC2CCS(=O)(=O)C2)C1. The van der Waals surface area contributed by atoms with E-state index < -0.39 is 15.9 Å². The second-order valence-corrected chi connectivity index (χ2v) is 13.8. The maximum atomic E-state index is 13.3. The number of hydrogen-bond acceptors (Lipinski definition) is 5. The molecule has 1 aliphatic carbocycles. The number of benzene rings is 1. The summed E-state index contributed by atoms with van der Waals surface area (Å²) in [5, 5.41) is 6.81. The van der Waals surface area contributed by atoms with Crippen LogP contribution in [0.4, 0.5) is 5.00 Å². The van der Waals surface area contributed by atoms with E-state index in [1.165, 1.54) is 11.3 Å². The molecule has 0 radical (unpaired) electrons. The fraction of sp³-hybridized carbons (Fsp3) is 0.500. The highest BCUT2D eigenvalue weighted by atomic mass is 35.5. The number of hydrogen-bond donors (Lipinski definition) is 2. The summed E-state index contributed by atoms with van der Waals surface area (Å²) in [5.74, 6) is -0.116. The molecule has 0 bridgehead atoms. The van der Waals surface area contributed by atoms with Crippen LogP contribution in [0.25, 0.3) is 0 Å². The zero-order valence-corrected chi connectivity index (χ0v) is 21.4. The highest BCUT2D eigenvalue weighted by Gasteiger charge is 2.36. The van der Waals surface area contributed by atoms with Gasteiger partial charge in [-0.15, -0.1) is 11.3 Å². The quantitative estimate of drug-likeness (QED) is 0.625. The van der Waals surface area contributed by atoms with Crippen molar-refractivity contribution >= 4 is 49.6 Å². The third kappa shape index (κ3) is 5.44. The Morgan fingerprint density at radius 3 is 2.55 bits per heavy atom. The third-order valence-corrected chi connectivity index (χ3v) is 9.77. The molecule has 1 aliphatic heterocycles. The number of anilines is 1. The van der Waals surface area contributed by atoms with Crippen molar-refractivity contribution in [3.05, 3.63) is 50.9 Å². The van der Waals surface area contributed by atoms with Crippen molar-refractivity contribution < 1.29 is 18.0 Å². The number of nitrogens with one attached hydrogen (secondary N) is 2. The van der Waals surface area contributed by atoms with Gasteiger partial charge in [0.25, 0.3) is 11.8 Å². The number of thiophene rings is 1. The average Bonchev–Trinajstić information content (AvgIpc) is 3.25. The molecule has 1 saturated heterocycles.